The van der Waals surface area contributed by atoms with Crippen molar-refractivity contribution in [1.29, 1.82) is 0 Å². The van der Waals surface area contributed by atoms with Crippen LogP contribution in [0.1, 0.15) is 65.7 Å². The average Bonchev–Trinajstić information content (AvgIpc) is 3.01. The summed E-state index contributed by atoms with van der Waals surface area (Å²) < 4.78 is 10.9. The van der Waals surface area contributed by atoms with Crippen molar-refractivity contribution in [2.45, 2.75) is 77.4 Å². The molecule has 0 saturated carbocycles. The highest BCUT2D eigenvalue weighted by molar-refractivity contribution is 5.68. The third kappa shape index (κ3) is 6.60. The molecule has 0 radical (unpaired) electrons. The van der Waals surface area contributed by atoms with Crippen LogP contribution in [0.3, 0.4) is 0 Å². The molecular weight excluding hydrogens is 304 g/mol. The van der Waals surface area contributed by atoms with Crippen molar-refractivity contribution in [3.63, 3.8) is 0 Å². The van der Waals surface area contributed by atoms with E-state index in [9.17, 15) is 4.79 Å². The predicted octanol–water partition coefficient (Wildman–Crippen LogP) is 3.56. The number of nitrogens with zero attached hydrogens (tertiary/aromatic N) is 1. The highest BCUT2D eigenvalue weighted by atomic mass is 16.6. The van der Waals surface area contributed by atoms with Crippen LogP contribution in [-0.4, -0.2) is 48.9 Å². The van der Waals surface area contributed by atoms with E-state index in [0.717, 1.165) is 45.1 Å². The van der Waals surface area contributed by atoms with Crippen LogP contribution < -0.4 is 5.73 Å². The number of nitrogens with two attached hydrogens (primary N) is 1. The Bertz CT molecular complexity index is 389. The van der Waals surface area contributed by atoms with E-state index in [0.29, 0.717) is 5.92 Å². The lowest BCUT2D eigenvalue weighted by Gasteiger charge is -2.25. The fourth-order valence-electron chi connectivity index (χ4n) is 3.71. The topological polar surface area (TPSA) is 64.8 Å². The van der Waals surface area contributed by atoms with E-state index in [1.165, 1.54) is 32.1 Å². The third-order valence-electron chi connectivity index (χ3n) is 5.22. The molecule has 0 bridgehead atoms. The lowest BCUT2D eigenvalue weighted by Crippen LogP contribution is -2.37. The van der Waals surface area contributed by atoms with Crippen LogP contribution >= 0.6 is 0 Å². The van der Waals surface area contributed by atoms with Crippen LogP contribution in [-0.2, 0) is 9.47 Å². The fraction of sp³-hybridized carbons (Fsp3) is 0.947. The van der Waals surface area contributed by atoms with Gasteiger partial charge in [-0.25, -0.2) is 4.79 Å². The van der Waals surface area contributed by atoms with Crippen LogP contribution in [0.5, 0.6) is 0 Å². The van der Waals surface area contributed by atoms with Crippen molar-refractivity contribution in [3.05, 3.63) is 0 Å². The maximum Gasteiger partial charge on any atom is 0.410 e. The van der Waals surface area contributed by atoms with Gasteiger partial charge in [-0.2, -0.15) is 0 Å². The van der Waals surface area contributed by atoms with E-state index in [1.54, 1.807) is 0 Å². The van der Waals surface area contributed by atoms with Crippen LogP contribution in [0.4, 0.5) is 4.79 Å². The SMILES string of the molecule is CC(C)(C)OC(=O)N1CCC(C(N)CCCCC2CCOCC2)C1. The molecule has 2 heterocycles. The zero-order chi connectivity index (χ0) is 17.6. The van der Waals surface area contributed by atoms with E-state index in [4.69, 9.17) is 15.2 Å². The van der Waals surface area contributed by atoms with Gasteiger partial charge in [0.1, 0.15) is 5.60 Å². The second-order valence-corrected chi connectivity index (χ2v) is 8.48. The lowest BCUT2D eigenvalue weighted by molar-refractivity contribution is 0.0286. The molecule has 2 rings (SSSR count). The van der Waals surface area contributed by atoms with Gasteiger partial charge >= 0.3 is 6.09 Å². The smallest absolute Gasteiger partial charge is 0.410 e. The van der Waals surface area contributed by atoms with E-state index in [1.807, 2.05) is 25.7 Å². The van der Waals surface area contributed by atoms with Gasteiger partial charge in [0.25, 0.3) is 0 Å². The monoisotopic (exact) mass is 340 g/mol. The number of likely N-dealkylation sites (tertiary alicyclic amines) is 1. The molecule has 2 N–H and O–H groups in total. The zero-order valence-electron chi connectivity index (χ0n) is 15.8. The summed E-state index contributed by atoms with van der Waals surface area (Å²) in [6.45, 7) is 9.11. The molecule has 0 spiro atoms. The molecule has 2 aliphatic heterocycles. The highest BCUT2D eigenvalue weighted by Gasteiger charge is 2.32. The third-order valence-corrected chi connectivity index (χ3v) is 5.22. The molecule has 0 aromatic carbocycles. The average molecular weight is 341 g/mol. The Morgan fingerprint density at radius 2 is 1.96 bits per heavy atom. The Hall–Kier alpha value is -0.810. The molecule has 140 valence electrons. The normalized spacial score (nSPS) is 24.2. The lowest BCUT2D eigenvalue weighted by atomic mass is 9.91. The van der Waals surface area contributed by atoms with Gasteiger partial charge in [-0.3, -0.25) is 0 Å². The van der Waals surface area contributed by atoms with E-state index >= 15 is 0 Å². The van der Waals surface area contributed by atoms with Gasteiger partial charge in [0, 0.05) is 32.3 Å². The molecule has 2 atom stereocenters. The van der Waals surface area contributed by atoms with Crippen LogP contribution in [0.25, 0.3) is 0 Å². The second-order valence-electron chi connectivity index (χ2n) is 8.48. The fourth-order valence-corrected chi connectivity index (χ4v) is 3.71. The molecule has 5 heteroatoms. The minimum atomic E-state index is -0.429. The number of carbonyl (C=O) groups is 1. The first kappa shape index (κ1) is 19.5. The first-order valence-corrected chi connectivity index (χ1v) is 9.66. The first-order chi connectivity index (χ1) is 11.3. The van der Waals surface area contributed by atoms with Gasteiger partial charge in [0.05, 0.1) is 0 Å². The minimum absolute atomic E-state index is 0.197. The molecule has 1 amide bonds. The summed E-state index contributed by atoms with van der Waals surface area (Å²) in [4.78, 5) is 13.9. The Kier molecular flexibility index (Phi) is 7.35. The second kappa shape index (κ2) is 9.04. The molecule has 0 aromatic heterocycles. The summed E-state index contributed by atoms with van der Waals surface area (Å²) in [7, 11) is 0. The summed E-state index contributed by atoms with van der Waals surface area (Å²) in [5, 5.41) is 0. The van der Waals surface area contributed by atoms with Crippen molar-refractivity contribution in [1.82, 2.24) is 4.90 Å². The Balaban J connectivity index is 1.61. The summed E-state index contributed by atoms with van der Waals surface area (Å²) in [6, 6.07) is 0.201. The Labute approximate surface area is 147 Å². The Morgan fingerprint density at radius 1 is 1.25 bits per heavy atom. The number of unbranched alkanes of at least 4 members (excludes halogenated alkanes) is 1. The number of amides is 1. The molecule has 0 aromatic rings. The molecule has 5 nitrogen and oxygen atoms in total. The van der Waals surface area contributed by atoms with Crippen LogP contribution in [0.2, 0.25) is 0 Å². The largest absolute Gasteiger partial charge is 0.444 e. The predicted molar refractivity (Wildman–Crippen MR) is 95.9 cm³/mol. The summed E-state index contributed by atoms with van der Waals surface area (Å²) >= 11 is 0. The van der Waals surface area contributed by atoms with Gasteiger partial charge in [0.15, 0.2) is 0 Å². The molecule has 24 heavy (non-hydrogen) atoms. The number of carbonyl (C=O) groups excluding carboxylic acids is 1. The molecule has 2 fully saturated rings. The Morgan fingerprint density at radius 3 is 2.62 bits per heavy atom. The van der Waals surface area contributed by atoms with Crippen molar-refractivity contribution in [2.75, 3.05) is 26.3 Å². The number of hydrogen-bond acceptors (Lipinski definition) is 4. The molecular formula is C19H36N2O3. The summed E-state index contributed by atoms with van der Waals surface area (Å²) in [5.74, 6) is 1.27. The summed E-state index contributed by atoms with van der Waals surface area (Å²) in [6.07, 6.45) is 8.08. The molecule has 2 unspecified atom stereocenters. The number of hydrogen-bond donors (Lipinski definition) is 1. The standard InChI is InChI=1S/C19H36N2O3/c1-19(2,3)24-18(22)21-11-8-16(14-21)17(20)7-5-4-6-15-9-12-23-13-10-15/h15-17H,4-14,20H2,1-3H3. The van der Waals surface area contributed by atoms with E-state index < -0.39 is 5.60 Å². The molecule has 0 aliphatic carbocycles. The molecule has 2 saturated heterocycles. The van der Waals surface area contributed by atoms with Gasteiger partial charge in [-0.05, 0) is 58.3 Å². The maximum absolute atomic E-state index is 12.1. The quantitative estimate of drug-likeness (QED) is 0.751. The van der Waals surface area contributed by atoms with E-state index in [2.05, 4.69) is 0 Å². The van der Waals surface area contributed by atoms with Crippen LogP contribution in [0, 0.1) is 11.8 Å². The maximum atomic E-state index is 12.1. The summed E-state index contributed by atoms with van der Waals surface area (Å²) in [5.41, 5.74) is 5.96. The van der Waals surface area contributed by atoms with Gasteiger partial charge < -0.3 is 20.1 Å². The van der Waals surface area contributed by atoms with Gasteiger partial charge in [0.2, 0.25) is 0 Å². The van der Waals surface area contributed by atoms with Crippen molar-refractivity contribution < 1.29 is 14.3 Å². The van der Waals surface area contributed by atoms with E-state index in [-0.39, 0.29) is 12.1 Å². The van der Waals surface area contributed by atoms with Crippen molar-refractivity contribution in [2.24, 2.45) is 17.6 Å². The highest BCUT2D eigenvalue weighted by Crippen LogP contribution is 2.25. The number of rotatable bonds is 6. The van der Waals surface area contributed by atoms with Crippen molar-refractivity contribution in [3.8, 4) is 0 Å². The number of ether oxygens (including phenoxy) is 2. The van der Waals surface area contributed by atoms with Gasteiger partial charge in [-0.1, -0.05) is 19.3 Å². The molecule has 2 aliphatic rings. The minimum Gasteiger partial charge on any atom is -0.444 e. The van der Waals surface area contributed by atoms with Crippen molar-refractivity contribution >= 4 is 6.09 Å². The first-order valence-electron chi connectivity index (χ1n) is 9.66. The van der Waals surface area contributed by atoms with Crippen LogP contribution in [0.15, 0.2) is 0 Å². The van der Waals surface area contributed by atoms with Gasteiger partial charge in [-0.15, -0.1) is 0 Å². The zero-order valence-corrected chi connectivity index (χ0v) is 15.8.